The third-order valence-corrected chi connectivity index (χ3v) is 5.54. The van der Waals surface area contributed by atoms with Gasteiger partial charge in [-0.15, -0.1) is 0 Å². The fraction of sp³-hybridized carbons (Fsp3) is 0.941. The summed E-state index contributed by atoms with van der Waals surface area (Å²) in [5, 5.41) is 0. The van der Waals surface area contributed by atoms with Crippen molar-refractivity contribution < 1.29 is 9.53 Å². The first-order valence-electron chi connectivity index (χ1n) is 8.48. The summed E-state index contributed by atoms with van der Waals surface area (Å²) in [6, 6.07) is 1.14. The van der Waals surface area contributed by atoms with Crippen LogP contribution in [0.5, 0.6) is 0 Å². The summed E-state index contributed by atoms with van der Waals surface area (Å²) < 4.78 is 5.10. The van der Waals surface area contributed by atoms with Crippen LogP contribution in [-0.2, 0) is 9.53 Å². The van der Waals surface area contributed by atoms with Gasteiger partial charge in [0, 0.05) is 12.1 Å². The second-order valence-corrected chi connectivity index (χ2v) is 6.71. The average molecular weight is 281 g/mol. The topological polar surface area (TPSA) is 29.5 Å². The number of hydrogen-bond acceptors (Lipinski definition) is 3. The molecule has 0 unspecified atom stereocenters. The van der Waals surface area contributed by atoms with Crippen LogP contribution in [0.3, 0.4) is 0 Å². The first-order valence-corrected chi connectivity index (χ1v) is 8.48. The molecule has 0 saturated carbocycles. The maximum absolute atomic E-state index is 12.2. The lowest BCUT2D eigenvalue weighted by molar-refractivity contribution is -0.152. The number of unbranched alkanes of at least 4 members (excludes halogenated alkanes) is 4. The van der Waals surface area contributed by atoms with Crippen LogP contribution in [0.25, 0.3) is 0 Å². The standard InChI is InChI=1S/C17H31NO2/c1-4-5-6-7-8-9-13-12-14-10-11-15(18(14)2)16(13)17(19)20-3/h13-16H,4-12H2,1-3H3/t13-,14-,15+,16-/m0/s1. The normalized spacial score (nSPS) is 33.4. The Labute approximate surface area is 124 Å². The van der Waals surface area contributed by atoms with Gasteiger partial charge in [-0.25, -0.2) is 0 Å². The summed E-state index contributed by atoms with van der Waals surface area (Å²) >= 11 is 0. The number of piperidine rings is 1. The number of carbonyl (C=O) groups is 1. The van der Waals surface area contributed by atoms with Crippen molar-refractivity contribution >= 4 is 5.97 Å². The first kappa shape index (κ1) is 15.8. The summed E-state index contributed by atoms with van der Waals surface area (Å²) in [7, 11) is 3.73. The summed E-state index contributed by atoms with van der Waals surface area (Å²) in [6.45, 7) is 2.25. The fourth-order valence-electron chi connectivity index (χ4n) is 4.36. The smallest absolute Gasteiger partial charge is 0.310 e. The Balaban J connectivity index is 1.90. The van der Waals surface area contributed by atoms with Crippen LogP contribution in [0.4, 0.5) is 0 Å². The minimum absolute atomic E-state index is 0.0285. The average Bonchev–Trinajstić information content (AvgIpc) is 2.70. The van der Waals surface area contributed by atoms with Crippen molar-refractivity contribution in [2.24, 2.45) is 11.8 Å². The van der Waals surface area contributed by atoms with E-state index in [1.807, 2.05) is 0 Å². The second kappa shape index (κ2) is 7.44. The molecule has 2 heterocycles. The predicted molar refractivity (Wildman–Crippen MR) is 81.6 cm³/mol. The predicted octanol–water partition coefficient (Wildman–Crippen LogP) is 3.62. The van der Waals surface area contributed by atoms with Gasteiger partial charge in [-0.1, -0.05) is 39.0 Å². The lowest BCUT2D eigenvalue weighted by atomic mass is 9.77. The maximum Gasteiger partial charge on any atom is 0.310 e. The van der Waals surface area contributed by atoms with Crippen LogP contribution in [0, 0.1) is 11.8 Å². The van der Waals surface area contributed by atoms with Crippen LogP contribution in [0.15, 0.2) is 0 Å². The Bertz CT molecular complexity index is 318. The third-order valence-electron chi connectivity index (χ3n) is 5.54. The van der Waals surface area contributed by atoms with Crippen molar-refractivity contribution in [1.82, 2.24) is 4.90 Å². The largest absolute Gasteiger partial charge is 0.469 e. The summed E-state index contributed by atoms with van der Waals surface area (Å²) in [5.74, 6) is 0.702. The number of esters is 1. The van der Waals surface area contributed by atoms with E-state index in [1.165, 1.54) is 57.8 Å². The highest BCUT2D eigenvalue weighted by Gasteiger charge is 2.48. The van der Waals surface area contributed by atoms with Gasteiger partial charge in [0.2, 0.25) is 0 Å². The van der Waals surface area contributed by atoms with E-state index in [1.54, 1.807) is 7.11 Å². The quantitative estimate of drug-likeness (QED) is 0.527. The number of rotatable bonds is 7. The SMILES string of the molecule is CCCCCCC[C@H]1C[C@@H]2CC[C@H]([C@H]1C(=O)OC)N2C. The minimum atomic E-state index is 0.0285. The molecule has 3 nitrogen and oxygen atoms in total. The molecule has 0 spiro atoms. The van der Waals surface area contributed by atoms with E-state index in [4.69, 9.17) is 4.74 Å². The molecule has 2 rings (SSSR count). The number of nitrogens with zero attached hydrogens (tertiary/aromatic N) is 1. The van der Waals surface area contributed by atoms with Gasteiger partial charge < -0.3 is 4.74 Å². The van der Waals surface area contributed by atoms with Crippen molar-refractivity contribution in [3.63, 3.8) is 0 Å². The minimum Gasteiger partial charge on any atom is -0.469 e. The third kappa shape index (κ3) is 3.36. The molecule has 0 aromatic heterocycles. The Morgan fingerprint density at radius 3 is 2.65 bits per heavy atom. The zero-order valence-corrected chi connectivity index (χ0v) is 13.4. The molecule has 2 saturated heterocycles. The van der Waals surface area contributed by atoms with E-state index in [-0.39, 0.29) is 11.9 Å². The highest BCUT2D eigenvalue weighted by molar-refractivity contribution is 5.74. The van der Waals surface area contributed by atoms with Gasteiger partial charge in [-0.3, -0.25) is 9.69 Å². The maximum atomic E-state index is 12.2. The summed E-state index contributed by atoms with van der Waals surface area (Å²) in [4.78, 5) is 14.6. The molecule has 0 N–H and O–H groups in total. The highest BCUT2D eigenvalue weighted by atomic mass is 16.5. The molecule has 0 radical (unpaired) electrons. The van der Waals surface area contributed by atoms with E-state index in [0.717, 1.165) is 0 Å². The molecule has 20 heavy (non-hydrogen) atoms. The monoisotopic (exact) mass is 281 g/mol. The van der Waals surface area contributed by atoms with E-state index >= 15 is 0 Å². The molecule has 2 bridgehead atoms. The number of fused-ring (bicyclic) bond motifs is 2. The summed E-state index contributed by atoms with van der Waals surface area (Å²) in [5.41, 5.74) is 0. The van der Waals surface area contributed by atoms with Gasteiger partial charge in [-0.2, -0.15) is 0 Å². The Morgan fingerprint density at radius 2 is 1.95 bits per heavy atom. The number of carbonyl (C=O) groups excluding carboxylic acids is 1. The Morgan fingerprint density at radius 1 is 1.20 bits per heavy atom. The van der Waals surface area contributed by atoms with E-state index in [9.17, 15) is 4.79 Å². The van der Waals surface area contributed by atoms with Crippen molar-refractivity contribution in [2.45, 2.75) is 76.8 Å². The van der Waals surface area contributed by atoms with E-state index in [2.05, 4.69) is 18.9 Å². The van der Waals surface area contributed by atoms with Crippen molar-refractivity contribution in [3.8, 4) is 0 Å². The van der Waals surface area contributed by atoms with E-state index < -0.39 is 0 Å². The lowest BCUT2D eigenvalue weighted by Crippen LogP contribution is -2.49. The highest BCUT2D eigenvalue weighted by Crippen LogP contribution is 2.43. The van der Waals surface area contributed by atoms with Crippen LogP contribution in [0.2, 0.25) is 0 Å². The van der Waals surface area contributed by atoms with Gasteiger partial charge >= 0.3 is 5.97 Å². The van der Waals surface area contributed by atoms with E-state index in [0.29, 0.717) is 18.0 Å². The number of hydrogen-bond donors (Lipinski definition) is 0. The molecule has 0 aromatic carbocycles. The molecule has 2 fully saturated rings. The fourth-order valence-corrected chi connectivity index (χ4v) is 4.36. The molecule has 4 atom stereocenters. The van der Waals surface area contributed by atoms with Gasteiger partial charge in [-0.05, 0) is 38.6 Å². The van der Waals surface area contributed by atoms with Crippen LogP contribution >= 0.6 is 0 Å². The first-order chi connectivity index (χ1) is 9.69. The van der Waals surface area contributed by atoms with Crippen LogP contribution in [-0.4, -0.2) is 37.1 Å². The van der Waals surface area contributed by atoms with Crippen LogP contribution < -0.4 is 0 Å². The van der Waals surface area contributed by atoms with Crippen LogP contribution in [0.1, 0.15) is 64.7 Å². The zero-order chi connectivity index (χ0) is 14.5. The number of ether oxygens (including phenoxy) is 1. The Kier molecular flexibility index (Phi) is 5.88. The van der Waals surface area contributed by atoms with Gasteiger partial charge in [0.05, 0.1) is 13.0 Å². The molecule has 0 aliphatic carbocycles. The second-order valence-electron chi connectivity index (χ2n) is 6.71. The molecule has 2 aliphatic rings. The van der Waals surface area contributed by atoms with Crippen molar-refractivity contribution in [1.29, 1.82) is 0 Å². The van der Waals surface area contributed by atoms with Gasteiger partial charge in [0.15, 0.2) is 0 Å². The van der Waals surface area contributed by atoms with Crippen molar-refractivity contribution in [2.75, 3.05) is 14.2 Å². The zero-order valence-electron chi connectivity index (χ0n) is 13.4. The Hall–Kier alpha value is -0.570. The molecule has 116 valence electrons. The molecular weight excluding hydrogens is 250 g/mol. The molecule has 3 heteroatoms. The van der Waals surface area contributed by atoms with Gasteiger partial charge in [0.25, 0.3) is 0 Å². The summed E-state index contributed by atoms with van der Waals surface area (Å²) in [6.07, 6.45) is 11.4. The molecule has 0 amide bonds. The molecular formula is C17H31NO2. The molecule has 2 aliphatic heterocycles. The van der Waals surface area contributed by atoms with Crippen molar-refractivity contribution in [3.05, 3.63) is 0 Å². The van der Waals surface area contributed by atoms with Gasteiger partial charge in [0.1, 0.15) is 0 Å². The lowest BCUT2D eigenvalue weighted by Gasteiger charge is -2.41. The molecule has 0 aromatic rings. The number of methoxy groups -OCH3 is 1.